The first kappa shape index (κ1) is 15.2. The van der Waals surface area contributed by atoms with Crippen LogP contribution in [0, 0.1) is 6.92 Å². The highest BCUT2D eigenvalue weighted by atomic mass is 32.1. The second-order valence-electron chi connectivity index (χ2n) is 5.06. The van der Waals surface area contributed by atoms with Crippen molar-refractivity contribution in [2.45, 2.75) is 13.5 Å². The van der Waals surface area contributed by atoms with Crippen LogP contribution in [0.4, 0.5) is 5.82 Å². The number of rotatable bonds is 5. The van der Waals surface area contributed by atoms with Gasteiger partial charge in [-0.2, -0.15) is 5.10 Å². The zero-order valence-corrected chi connectivity index (χ0v) is 13.6. The summed E-state index contributed by atoms with van der Waals surface area (Å²) in [6, 6.07) is 9.53. The summed E-state index contributed by atoms with van der Waals surface area (Å²) >= 11 is 1.39. The number of benzene rings is 1. The number of nitrogens with one attached hydrogen (secondary N) is 1. The highest BCUT2D eigenvalue weighted by Gasteiger charge is 2.12. The Bertz CT molecular complexity index is 808. The van der Waals surface area contributed by atoms with Crippen LogP contribution in [-0.2, 0) is 13.7 Å². The van der Waals surface area contributed by atoms with Gasteiger partial charge < -0.3 is 10.1 Å². The van der Waals surface area contributed by atoms with E-state index in [1.165, 1.54) is 16.9 Å². The van der Waals surface area contributed by atoms with Crippen molar-refractivity contribution in [3.63, 3.8) is 0 Å². The Morgan fingerprint density at radius 3 is 2.78 bits per heavy atom. The monoisotopic (exact) mass is 328 g/mol. The molecule has 0 aliphatic carbocycles. The molecular weight excluding hydrogens is 312 g/mol. The molecule has 7 heteroatoms. The first-order valence-corrected chi connectivity index (χ1v) is 7.93. The van der Waals surface area contributed by atoms with Crippen LogP contribution in [0.5, 0.6) is 5.75 Å². The fourth-order valence-electron chi connectivity index (χ4n) is 1.92. The van der Waals surface area contributed by atoms with Crippen molar-refractivity contribution < 1.29 is 9.53 Å². The summed E-state index contributed by atoms with van der Waals surface area (Å²) in [5.41, 5.74) is 1.54. The molecule has 1 N–H and O–H groups in total. The molecule has 0 saturated carbocycles. The Kier molecular flexibility index (Phi) is 4.38. The van der Waals surface area contributed by atoms with Crippen LogP contribution in [0.1, 0.15) is 21.1 Å². The van der Waals surface area contributed by atoms with Gasteiger partial charge in [0.2, 0.25) is 0 Å². The molecule has 1 amide bonds. The van der Waals surface area contributed by atoms with Crippen LogP contribution in [0.3, 0.4) is 0 Å². The van der Waals surface area contributed by atoms with E-state index < -0.39 is 0 Å². The smallest absolute Gasteiger partial charge is 0.276 e. The van der Waals surface area contributed by atoms with Crippen LogP contribution in [0.15, 0.2) is 41.9 Å². The zero-order valence-electron chi connectivity index (χ0n) is 12.8. The first-order chi connectivity index (χ1) is 11.1. The lowest BCUT2D eigenvalue weighted by Crippen LogP contribution is -2.13. The number of amides is 1. The number of thiazole rings is 1. The number of hydrogen-bond acceptors (Lipinski definition) is 5. The number of carbonyl (C=O) groups excluding carboxylic acids is 1. The fraction of sp³-hybridized carbons (Fsp3) is 0.188. The Hall–Kier alpha value is -2.67. The van der Waals surface area contributed by atoms with Crippen LogP contribution in [-0.4, -0.2) is 20.7 Å². The molecule has 3 rings (SSSR count). The number of hydrogen-bond donors (Lipinski definition) is 1. The molecule has 0 atom stereocenters. The van der Waals surface area contributed by atoms with Crippen LogP contribution in [0.25, 0.3) is 0 Å². The van der Waals surface area contributed by atoms with Gasteiger partial charge in [-0.1, -0.05) is 17.7 Å². The van der Waals surface area contributed by atoms with Gasteiger partial charge in [-0.3, -0.25) is 9.48 Å². The average molecular weight is 328 g/mol. The highest BCUT2D eigenvalue weighted by Crippen LogP contribution is 2.16. The Labute approximate surface area is 137 Å². The second kappa shape index (κ2) is 6.62. The van der Waals surface area contributed by atoms with E-state index in [0.29, 0.717) is 18.1 Å². The Balaban J connectivity index is 1.59. The summed E-state index contributed by atoms with van der Waals surface area (Å²) in [4.78, 5) is 16.4. The van der Waals surface area contributed by atoms with Gasteiger partial charge >= 0.3 is 0 Å². The molecule has 0 unspecified atom stereocenters. The van der Waals surface area contributed by atoms with Crippen molar-refractivity contribution in [3.05, 3.63) is 58.2 Å². The number of aromatic nitrogens is 3. The molecule has 23 heavy (non-hydrogen) atoms. The van der Waals surface area contributed by atoms with Crippen molar-refractivity contribution >= 4 is 23.1 Å². The van der Waals surface area contributed by atoms with Gasteiger partial charge in [0.05, 0.1) is 0 Å². The van der Waals surface area contributed by atoms with Gasteiger partial charge in [-0.05, 0) is 19.1 Å². The van der Waals surface area contributed by atoms with Crippen molar-refractivity contribution in [2.75, 3.05) is 5.32 Å². The van der Waals surface area contributed by atoms with Crippen molar-refractivity contribution in [1.29, 1.82) is 0 Å². The van der Waals surface area contributed by atoms with E-state index in [2.05, 4.69) is 15.4 Å². The minimum absolute atomic E-state index is 0.276. The topological polar surface area (TPSA) is 69.0 Å². The maximum absolute atomic E-state index is 12.1. The van der Waals surface area contributed by atoms with Crippen molar-refractivity contribution in [1.82, 2.24) is 14.8 Å². The minimum Gasteiger partial charge on any atom is -0.486 e. The third-order valence-electron chi connectivity index (χ3n) is 3.12. The van der Waals surface area contributed by atoms with Gasteiger partial charge in [-0.25, -0.2) is 4.98 Å². The molecule has 3 aromatic rings. The van der Waals surface area contributed by atoms with E-state index in [1.54, 1.807) is 29.4 Å². The lowest BCUT2D eigenvalue weighted by Gasteiger charge is -2.03. The molecule has 6 nitrogen and oxygen atoms in total. The standard InChI is InChI=1S/C16H16N4O2S/c1-11-3-5-12(6-4-11)22-9-15-17-13(10-23-15)16(21)18-14-7-8-20(2)19-14/h3-8,10H,9H2,1-2H3,(H,18,19,21). The molecular formula is C16H16N4O2S. The predicted molar refractivity (Wildman–Crippen MR) is 88.8 cm³/mol. The maximum atomic E-state index is 12.1. The van der Waals surface area contributed by atoms with Crippen molar-refractivity contribution in [3.8, 4) is 5.75 Å². The van der Waals surface area contributed by atoms with E-state index in [1.807, 2.05) is 31.2 Å². The Morgan fingerprint density at radius 1 is 1.30 bits per heavy atom. The summed E-state index contributed by atoms with van der Waals surface area (Å²) in [5, 5.41) is 9.27. The quantitative estimate of drug-likeness (QED) is 0.781. The number of aryl methyl sites for hydroxylation is 2. The molecule has 0 saturated heterocycles. The molecule has 2 heterocycles. The zero-order chi connectivity index (χ0) is 16.2. The predicted octanol–water partition coefficient (Wildman–Crippen LogP) is 3.02. The lowest BCUT2D eigenvalue weighted by molar-refractivity contribution is 0.102. The summed E-state index contributed by atoms with van der Waals surface area (Å²) in [7, 11) is 1.79. The molecule has 2 aromatic heterocycles. The number of nitrogens with zero attached hydrogens (tertiary/aromatic N) is 3. The van der Waals surface area contributed by atoms with Crippen LogP contribution in [0.2, 0.25) is 0 Å². The van der Waals surface area contributed by atoms with Crippen LogP contribution < -0.4 is 10.1 Å². The number of anilines is 1. The molecule has 0 fully saturated rings. The normalized spacial score (nSPS) is 10.5. The summed E-state index contributed by atoms with van der Waals surface area (Å²) in [5.74, 6) is 1.01. The third-order valence-corrected chi connectivity index (χ3v) is 3.95. The van der Waals surface area contributed by atoms with Crippen molar-refractivity contribution in [2.24, 2.45) is 7.05 Å². The lowest BCUT2D eigenvalue weighted by atomic mass is 10.2. The summed E-state index contributed by atoms with van der Waals surface area (Å²) in [6.07, 6.45) is 1.76. The summed E-state index contributed by atoms with van der Waals surface area (Å²) in [6.45, 7) is 2.36. The SMILES string of the molecule is Cc1ccc(OCc2nc(C(=O)Nc3ccn(C)n3)cs2)cc1. The number of carbonyl (C=O) groups is 1. The van der Waals surface area contributed by atoms with E-state index in [4.69, 9.17) is 4.74 Å². The molecule has 118 valence electrons. The fourth-order valence-corrected chi connectivity index (χ4v) is 2.61. The molecule has 0 spiro atoms. The maximum Gasteiger partial charge on any atom is 0.276 e. The minimum atomic E-state index is -0.276. The van der Waals surface area contributed by atoms with E-state index in [9.17, 15) is 4.79 Å². The largest absolute Gasteiger partial charge is 0.486 e. The Morgan fingerprint density at radius 2 is 2.09 bits per heavy atom. The van der Waals surface area contributed by atoms with Gasteiger partial charge in [0.15, 0.2) is 5.82 Å². The van der Waals surface area contributed by atoms with E-state index >= 15 is 0 Å². The second-order valence-corrected chi connectivity index (χ2v) is 6.00. The highest BCUT2D eigenvalue weighted by molar-refractivity contribution is 7.09. The molecule has 1 aromatic carbocycles. The van der Waals surface area contributed by atoms with E-state index in [0.717, 1.165) is 10.8 Å². The van der Waals surface area contributed by atoms with E-state index in [-0.39, 0.29) is 5.91 Å². The van der Waals surface area contributed by atoms with Gasteiger partial charge in [0.1, 0.15) is 23.1 Å². The molecule has 0 aliphatic heterocycles. The molecule has 0 aliphatic rings. The first-order valence-electron chi connectivity index (χ1n) is 7.05. The van der Waals surface area contributed by atoms with Gasteiger partial charge in [-0.15, -0.1) is 11.3 Å². The molecule has 0 bridgehead atoms. The van der Waals surface area contributed by atoms with Gasteiger partial charge in [0.25, 0.3) is 5.91 Å². The third kappa shape index (κ3) is 3.95. The summed E-state index contributed by atoms with van der Waals surface area (Å²) < 4.78 is 7.28. The number of ether oxygens (including phenoxy) is 1. The average Bonchev–Trinajstić information content (AvgIpc) is 3.16. The van der Waals surface area contributed by atoms with Crippen LogP contribution >= 0.6 is 11.3 Å². The van der Waals surface area contributed by atoms with Gasteiger partial charge in [0, 0.05) is 24.7 Å². The molecule has 0 radical (unpaired) electrons.